The Bertz CT molecular complexity index is 1110. The molecule has 0 radical (unpaired) electrons. The molecule has 4 N–H and O–H groups in total. The van der Waals surface area contributed by atoms with Crippen molar-refractivity contribution in [2.75, 3.05) is 0 Å². The molecule has 1 unspecified atom stereocenters. The largest absolute Gasteiger partial charge is 0.321 e. The van der Waals surface area contributed by atoms with E-state index in [1.54, 1.807) is 0 Å². The molecule has 0 bridgehead atoms. The lowest BCUT2D eigenvalue weighted by Gasteiger charge is -2.17. The van der Waals surface area contributed by atoms with Crippen LogP contribution in [0.2, 0.25) is 0 Å². The molecular weight excluding hydrogens is 318 g/mol. The molecule has 4 nitrogen and oxygen atoms in total. The lowest BCUT2D eigenvalue weighted by molar-refractivity contribution is 0.490. The molecule has 0 aliphatic carbocycles. The van der Waals surface area contributed by atoms with Gasteiger partial charge in [-0.05, 0) is 31.5 Å². The zero-order chi connectivity index (χ0) is 16.8. The van der Waals surface area contributed by atoms with Crippen LogP contribution < -0.4 is 16.6 Å². The summed E-state index contributed by atoms with van der Waals surface area (Å²) in [4.78, 5) is 15.4. The third-order valence-electron chi connectivity index (χ3n) is 4.24. The highest BCUT2D eigenvalue weighted by Gasteiger charge is 2.14. The van der Waals surface area contributed by atoms with Crippen molar-refractivity contribution in [2.24, 2.45) is 5.73 Å². The number of rotatable bonds is 3. The third kappa shape index (κ3) is 2.41. The number of hydrogen-bond acceptors (Lipinski definition) is 4. The molecule has 0 amide bonds. The predicted molar refractivity (Wildman–Crippen MR) is 103 cm³/mol. The van der Waals surface area contributed by atoms with E-state index in [-0.39, 0.29) is 11.7 Å². The third-order valence-corrected chi connectivity index (χ3v) is 5.39. The molecule has 0 aliphatic rings. The normalized spacial score (nSPS) is 13.3. The second kappa shape index (κ2) is 5.70. The molecule has 122 valence electrons. The SMILES string of the molecule is CC(C)NC(N)c1ccc2c(c1)sc1c(=O)[nH]c3ccccc3c12. The van der Waals surface area contributed by atoms with Crippen molar-refractivity contribution in [3.63, 3.8) is 0 Å². The Morgan fingerprint density at radius 1 is 1.12 bits per heavy atom. The van der Waals surface area contributed by atoms with Crippen molar-refractivity contribution in [1.82, 2.24) is 10.3 Å². The van der Waals surface area contributed by atoms with Gasteiger partial charge in [-0.2, -0.15) is 0 Å². The average Bonchev–Trinajstić information content (AvgIpc) is 2.94. The summed E-state index contributed by atoms with van der Waals surface area (Å²) < 4.78 is 1.86. The van der Waals surface area contributed by atoms with Crippen molar-refractivity contribution >= 4 is 42.4 Å². The number of hydrogen-bond donors (Lipinski definition) is 3. The van der Waals surface area contributed by atoms with E-state index in [9.17, 15) is 4.79 Å². The average molecular weight is 337 g/mol. The van der Waals surface area contributed by atoms with Gasteiger partial charge in [-0.1, -0.05) is 30.3 Å². The maximum absolute atomic E-state index is 12.4. The van der Waals surface area contributed by atoms with Gasteiger partial charge in [0.05, 0.1) is 6.17 Å². The van der Waals surface area contributed by atoms with E-state index >= 15 is 0 Å². The van der Waals surface area contributed by atoms with Crippen LogP contribution >= 0.6 is 11.3 Å². The van der Waals surface area contributed by atoms with Crippen molar-refractivity contribution in [3.05, 3.63) is 58.4 Å². The monoisotopic (exact) mass is 337 g/mol. The first-order valence-corrected chi connectivity index (χ1v) is 8.85. The summed E-state index contributed by atoms with van der Waals surface area (Å²) in [5, 5.41) is 6.53. The van der Waals surface area contributed by atoms with Crippen LogP contribution in [-0.2, 0) is 0 Å². The van der Waals surface area contributed by atoms with Gasteiger partial charge in [0.25, 0.3) is 5.56 Å². The van der Waals surface area contributed by atoms with Crippen LogP contribution in [0, 0.1) is 0 Å². The predicted octanol–water partition coefficient (Wildman–Crippen LogP) is 3.85. The van der Waals surface area contributed by atoms with Crippen LogP contribution in [-0.4, -0.2) is 11.0 Å². The summed E-state index contributed by atoms with van der Waals surface area (Å²) in [5.74, 6) is 0. The highest BCUT2D eigenvalue weighted by molar-refractivity contribution is 7.26. The minimum Gasteiger partial charge on any atom is -0.321 e. The van der Waals surface area contributed by atoms with Crippen molar-refractivity contribution < 1.29 is 0 Å². The van der Waals surface area contributed by atoms with Crippen molar-refractivity contribution in [2.45, 2.75) is 26.1 Å². The van der Waals surface area contributed by atoms with Gasteiger partial charge >= 0.3 is 0 Å². The number of aromatic nitrogens is 1. The van der Waals surface area contributed by atoms with Crippen molar-refractivity contribution in [1.29, 1.82) is 0 Å². The smallest absolute Gasteiger partial charge is 0.266 e. The van der Waals surface area contributed by atoms with Crippen LogP contribution in [0.3, 0.4) is 0 Å². The zero-order valence-electron chi connectivity index (χ0n) is 13.6. The molecular formula is C19H19N3OS. The number of nitrogens with two attached hydrogens (primary N) is 1. The first-order valence-electron chi connectivity index (χ1n) is 8.03. The number of benzene rings is 2. The minimum absolute atomic E-state index is 0.0314. The maximum Gasteiger partial charge on any atom is 0.266 e. The first kappa shape index (κ1) is 15.3. The number of fused-ring (bicyclic) bond motifs is 5. The number of thiophene rings is 1. The fraction of sp³-hybridized carbons (Fsp3) is 0.211. The molecule has 4 aromatic rings. The van der Waals surface area contributed by atoms with Crippen LogP contribution in [0.5, 0.6) is 0 Å². The molecule has 2 heterocycles. The van der Waals surface area contributed by atoms with Gasteiger partial charge in [-0.25, -0.2) is 0 Å². The quantitative estimate of drug-likeness (QED) is 0.497. The molecule has 0 aliphatic heterocycles. The topological polar surface area (TPSA) is 70.9 Å². The molecule has 24 heavy (non-hydrogen) atoms. The van der Waals surface area contributed by atoms with Gasteiger partial charge < -0.3 is 10.7 Å². The number of H-pyrrole nitrogens is 1. The van der Waals surface area contributed by atoms with Gasteiger partial charge in [-0.3, -0.25) is 10.1 Å². The molecule has 5 heteroatoms. The Hall–Kier alpha value is -2.21. The van der Waals surface area contributed by atoms with E-state index in [0.717, 1.165) is 36.6 Å². The highest BCUT2D eigenvalue weighted by Crippen LogP contribution is 2.36. The summed E-state index contributed by atoms with van der Waals surface area (Å²) in [6.45, 7) is 4.15. The van der Waals surface area contributed by atoms with E-state index in [4.69, 9.17) is 5.73 Å². The maximum atomic E-state index is 12.4. The Kier molecular flexibility index (Phi) is 3.64. The summed E-state index contributed by atoms with van der Waals surface area (Å²) in [7, 11) is 0. The van der Waals surface area contributed by atoms with E-state index in [1.165, 1.54) is 11.3 Å². The Labute approximate surface area is 143 Å². The van der Waals surface area contributed by atoms with Gasteiger partial charge in [-0.15, -0.1) is 11.3 Å². The second-order valence-corrected chi connectivity index (χ2v) is 7.41. The van der Waals surface area contributed by atoms with Gasteiger partial charge in [0.2, 0.25) is 0 Å². The van der Waals surface area contributed by atoms with E-state index in [2.05, 4.69) is 42.3 Å². The number of para-hydroxylation sites is 1. The molecule has 0 saturated carbocycles. The van der Waals surface area contributed by atoms with Gasteiger partial charge in [0.1, 0.15) is 4.70 Å². The number of pyridine rings is 1. The summed E-state index contributed by atoms with van der Waals surface area (Å²) in [6, 6.07) is 14.5. The molecule has 1 atom stereocenters. The Morgan fingerprint density at radius 2 is 1.92 bits per heavy atom. The Morgan fingerprint density at radius 3 is 2.71 bits per heavy atom. The Balaban J connectivity index is 2.00. The van der Waals surface area contributed by atoms with Crippen LogP contribution in [0.25, 0.3) is 31.1 Å². The summed E-state index contributed by atoms with van der Waals surface area (Å²) >= 11 is 1.53. The fourth-order valence-corrected chi connectivity index (χ4v) is 4.34. The number of nitrogens with one attached hydrogen (secondary N) is 2. The zero-order valence-corrected chi connectivity index (χ0v) is 14.4. The van der Waals surface area contributed by atoms with Gasteiger partial charge in [0.15, 0.2) is 0 Å². The first-order chi connectivity index (χ1) is 11.5. The molecule has 4 rings (SSSR count). The van der Waals surface area contributed by atoms with Crippen LogP contribution in [0.4, 0.5) is 0 Å². The molecule has 0 saturated heterocycles. The molecule has 0 spiro atoms. The van der Waals surface area contributed by atoms with E-state index in [0.29, 0.717) is 6.04 Å². The fourth-order valence-electron chi connectivity index (χ4n) is 3.18. The molecule has 2 aromatic carbocycles. The summed E-state index contributed by atoms with van der Waals surface area (Å²) in [5.41, 5.74) is 8.10. The highest BCUT2D eigenvalue weighted by atomic mass is 32.1. The number of aromatic amines is 1. The van der Waals surface area contributed by atoms with Gasteiger partial charge in [0, 0.05) is 32.4 Å². The van der Waals surface area contributed by atoms with Crippen molar-refractivity contribution in [3.8, 4) is 0 Å². The van der Waals surface area contributed by atoms with Crippen LogP contribution in [0.1, 0.15) is 25.6 Å². The lowest BCUT2D eigenvalue weighted by Crippen LogP contribution is -2.33. The standard InChI is InChI=1S/C19H19N3OS/c1-10(2)21-18(20)11-7-8-13-15(9-11)24-17-16(13)12-5-3-4-6-14(12)22-19(17)23/h3-10,18,21H,20H2,1-2H3,(H,22,23). The van der Waals surface area contributed by atoms with E-state index in [1.807, 2.05) is 24.3 Å². The minimum atomic E-state index is -0.213. The van der Waals surface area contributed by atoms with Crippen LogP contribution in [0.15, 0.2) is 47.3 Å². The van der Waals surface area contributed by atoms with E-state index < -0.39 is 0 Å². The summed E-state index contributed by atoms with van der Waals surface area (Å²) in [6.07, 6.45) is -0.213. The lowest BCUT2D eigenvalue weighted by atomic mass is 10.1. The second-order valence-electron chi connectivity index (χ2n) is 6.36. The molecule has 0 fully saturated rings. The molecule has 2 aromatic heterocycles.